The summed E-state index contributed by atoms with van der Waals surface area (Å²) in [5, 5.41) is 0. The average Bonchev–Trinajstić information content (AvgIpc) is 2.10. The predicted molar refractivity (Wildman–Crippen MR) is 44.7 cm³/mol. The molecule has 2 unspecified atom stereocenters. The van der Waals surface area contributed by atoms with E-state index in [0.29, 0.717) is 18.5 Å². The van der Waals surface area contributed by atoms with Gasteiger partial charge in [0.15, 0.2) is 0 Å². The zero-order chi connectivity index (χ0) is 7.78. The fourth-order valence-electron chi connectivity index (χ4n) is 1.59. The van der Waals surface area contributed by atoms with Gasteiger partial charge in [0.2, 0.25) is 0 Å². The molecular weight excluding hydrogens is 125 g/mol. The molecule has 1 aliphatic rings. The standard InChI is InChI=1S/C7H16BNO/c1-5-3-7(2,4-9)10-6(5)8/h5-6H,3-4,8-9H2,1-2H3/t5?,6?,7-/m1/s1. The van der Waals surface area contributed by atoms with Crippen LogP contribution in [0, 0.1) is 5.92 Å². The van der Waals surface area contributed by atoms with Gasteiger partial charge < -0.3 is 10.5 Å². The number of rotatable bonds is 1. The van der Waals surface area contributed by atoms with Crippen LogP contribution in [0.5, 0.6) is 0 Å². The summed E-state index contributed by atoms with van der Waals surface area (Å²) in [5.41, 5.74) is 5.52. The Bertz CT molecular complexity index is 119. The highest BCUT2D eigenvalue weighted by Gasteiger charge is 2.37. The quantitative estimate of drug-likeness (QED) is 0.509. The van der Waals surface area contributed by atoms with E-state index < -0.39 is 0 Å². The SMILES string of the molecule is BC1O[C@@](C)(CN)CC1C. The van der Waals surface area contributed by atoms with Crippen LogP contribution in [0.25, 0.3) is 0 Å². The minimum atomic E-state index is -0.0428. The summed E-state index contributed by atoms with van der Waals surface area (Å²) in [6.45, 7) is 4.94. The zero-order valence-corrected chi connectivity index (χ0v) is 7.05. The van der Waals surface area contributed by atoms with Gasteiger partial charge in [-0.15, -0.1) is 0 Å². The molecule has 3 atom stereocenters. The lowest BCUT2D eigenvalue weighted by molar-refractivity contribution is 0.00837. The van der Waals surface area contributed by atoms with Crippen molar-refractivity contribution in [3.63, 3.8) is 0 Å². The van der Waals surface area contributed by atoms with Crippen molar-refractivity contribution in [1.29, 1.82) is 0 Å². The second kappa shape index (κ2) is 2.55. The van der Waals surface area contributed by atoms with Crippen LogP contribution in [0.1, 0.15) is 20.3 Å². The first-order valence-corrected chi connectivity index (χ1v) is 3.95. The molecule has 2 nitrogen and oxygen atoms in total. The van der Waals surface area contributed by atoms with E-state index in [-0.39, 0.29) is 5.60 Å². The Hall–Kier alpha value is -0.0151. The van der Waals surface area contributed by atoms with Crippen molar-refractivity contribution in [2.45, 2.75) is 31.9 Å². The lowest BCUT2D eigenvalue weighted by Crippen LogP contribution is -2.34. The van der Waals surface area contributed by atoms with Crippen LogP contribution in [0.3, 0.4) is 0 Å². The maximum absolute atomic E-state index is 5.69. The minimum absolute atomic E-state index is 0.0428. The molecule has 0 amide bonds. The van der Waals surface area contributed by atoms with E-state index in [0.717, 1.165) is 6.42 Å². The van der Waals surface area contributed by atoms with Crippen molar-refractivity contribution in [2.75, 3.05) is 6.54 Å². The van der Waals surface area contributed by atoms with Crippen molar-refractivity contribution in [1.82, 2.24) is 0 Å². The van der Waals surface area contributed by atoms with Gasteiger partial charge in [-0.2, -0.15) is 0 Å². The smallest absolute Gasteiger partial charge is 0.139 e. The summed E-state index contributed by atoms with van der Waals surface area (Å²) in [7, 11) is 2.12. The largest absolute Gasteiger partial charge is 0.379 e. The summed E-state index contributed by atoms with van der Waals surface area (Å²) in [6.07, 6.45) is 1.10. The topological polar surface area (TPSA) is 35.2 Å². The lowest BCUT2D eigenvalue weighted by Gasteiger charge is -2.21. The first-order chi connectivity index (χ1) is 4.57. The third-order valence-electron chi connectivity index (χ3n) is 2.46. The Balaban J connectivity index is 2.55. The molecule has 1 fully saturated rings. The molecule has 10 heavy (non-hydrogen) atoms. The molecule has 0 radical (unpaired) electrons. The summed E-state index contributed by atoms with van der Waals surface area (Å²) in [6, 6.07) is 0.383. The summed E-state index contributed by atoms with van der Waals surface area (Å²) >= 11 is 0. The molecule has 0 bridgehead atoms. The van der Waals surface area contributed by atoms with Gasteiger partial charge in [0.25, 0.3) is 0 Å². The van der Waals surface area contributed by atoms with Crippen LogP contribution in [0.15, 0.2) is 0 Å². The summed E-state index contributed by atoms with van der Waals surface area (Å²) in [4.78, 5) is 0. The Morgan fingerprint density at radius 2 is 2.40 bits per heavy atom. The van der Waals surface area contributed by atoms with E-state index in [2.05, 4.69) is 21.7 Å². The van der Waals surface area contributed by atoms with Gasteiger partial charge in [-0.3, -0.25) is 0 Å². The first kappa shape index (κ1) is 8.09. The van der Waals surface area contributed by atoms with Crippen molar-refractivity contribution >= 4 is 7.85 Å². The van der Waals surface area contributed by atoms with E-state index in [1.165, 1.54) is 0 Å². The van der Waals surface area contributed by atoms with E-state index in [1.54, 1.807) is 0 Å². The van der Waals surface area contributed by atoms with Crippen LogP contribution < -0.4 is 5.73 Å². The van der Waals surface area contributed by atoms with Gasteiger partial charge in [0, 0.05) is 12.5 Å². The molecule has 1 heterocycles. The van der Waals surface area contributed by atoms with E-state index in [9.17, 15) is 0 Å². The monoisotopic (exact) mass is 141 g/mol. The summed E-state index contributed by atoms with van der Waals surface area (Å²) in [5.74, 6) is 0.661. The van der Waals surface area contributed by atoms with Gasteiger partial charge in [0.1, 0.15) is 7.85 Å². The van der Waals surface area contributed by atoms with Crippen LogP contribution in [-0.4, -0.2) is 26.0 Å². The molecule has 0 aromatic rings. The van der Waals surface area contributed by atoms with Gasteiger partial charge in [0.05, 0.1) is 5.60 Å². The second-order valence-electron chi connectivity index (χ2n) is 3.66. The van der Waals surface area contributed by atoms with Crippen LogP contribution in [0.4, 0.5) is 0 Å². The van der Waals surface area contributed by atoms with Crippen LogP contribution >= 0.6 is 0 Å². The second-order valence-corrected chi connectivity index (χ2v) is 3.66. The Morgan fingerprint density at radius 1 is 1.80 bits per heavy atom. The molecule has 0 spiro atoms. The number of ether oxygens (including phenoxy) is 1. The van der Waals surface area contributed by atoms with E-state index >= 15 is 0 Å². The Labute approximate surface area is 63.5 Å². The number of hydrogen-bond acceptors (Lipinski definition) is 2. The highest BCUT2D eigenvalue weighted by molar-refractivity contribution is 6.11. The first-order valence-electron chi connectivity index (χ1n) is 3.95. The minimum Gasteiger partial charge on any atom is -0.379 e. The lowest BCUT2D eigenvalue weighted by atomic mass is 9.86. The van der Waals surface area contributed by atoms with Crippen molar-refractivity contribution in [2.24, 2.45) is 11.7 Å². The molecular formula is C7H16BNO. The molecule has 1 aliphatic heterocycles. The van der Waals surface area contributed by atoms with Gasteiger partial charge in [-0.1, -0.05) is 6.92 Å². The molecule has 0 aromatic carbocycles. The molecule has 58 valence electrons. The van der Waals surface area contributed by atoms with Crippen molar-refractivity contribution in [3.8, 4) is 0 Å². The zero-order valence-electron chi connectivity index (χ0n) is 7.05. The highest BCUT2D eigenvalue weighted by Crippen LogP contribution is 2.32. The van der Waals surface area contributed by atoms with Crippen LogP contribution in [-0.2, 0) is 4.74 Å². The van der Waals surface area contributed by atoms with Crippen molar-refractivity contribution in [3.05, 3.63) is 0 Å². The summed E-state index contributed by atoms with van der Waals surface area (Å²) < 4.78 is 5.69. The average molecular weight is 141 g/mol. The molecule has 1 saturated heterocycles. The normalized spacial score (nSPS) is 47.9. The fourth-order valence-corrected chi connectivity index (χ4v) is 1.59. The Kier molecular flexibility index (Phi) is 2.06. The number of nitrogens with two attached hydrogens (primary N) is 1. The Morgan fingerprint density at radius 3 is 2.60 bits per heavy atom. The predicted octanol–water partition coefficient (Wildman–Crippen LogP) is -0.281. The molecule has 3 heteroatoms. The van der Waals surface area contributed by atoms with Crippen LogP contribution in [0.2, 0.25) is 0 Å². The number of hydrogen-bond donors (Lipinski definition) is 1. The third-order valence-corrected chi connectivity index (χ3v) is 2.46. The maximum Gasteiger partial charge on any atom is 0.139 e. The van der Waals surface area contributed by atoms with Gasteiger partial charge in [-0.25, -0.2) is 0 Å². The molecule has 0 aliphatic carbocycles. The van der Waals surface area contributed by atoms with Crippen molar-refractivity contribution < 1.29 is 4.74 Å². The van der Waals surface area contributed by atoms with E-state index in [1.807, 2.05) is 0 Å². The van der Waals surface area contributed by atoms with Gasteiger partial charge in [-0.05, 0) is 19.3 Å². The fraction of sp³-hybridized carbons (Fsp3) is 1.00. The van der Waals surface area contributed by atoms with E-state index in [4.69, 9.17) is 10.5 Å². The third kappa shape index (κ3) is 1.35. The molecule has 0 saturated carbocycles. The maximum atomic E-state index is 5.69. The molecule has 0 aromatic heterocycles. The highest BCUT2D eigenvalue weighted by atomic mass is 16.5. The van der Waals surface area contributed by atoms with Gasteiger partial charge >= 0.3 is 0 Å². The molecule has 2 N–H and O–H groups in total. The molecule has 1 rings (SSSR count).